The van der Waals surface area contributed by atoms with E-state index >= 15 is 0 Å². The molecule has 0 bridgehead atoms. The van der Waals surface area contributed by atoms with Crippen molar-refractivity contribution in [2.24, 2.45) is 0 Å². The third kappa shape index (κ3) is 3.83. The van der Waals surface area contributed by atoms with Crippen LogP contribution in [0.3, 0.4) is 0 Å². The van der Waals surface area contributed by atoms with Crippen LogP contribution in [0.1, 0.15) is 6.92 Å². The number of ether oxygens (including phenoxy) is 1. The first-order valence-electron chi connectivity index (χ1n) is 6.23. The minimum atomic E-state index is -0.0947. The largest absolute Gasteiger partial charge is 0.397 e. The van der Waals surface area contributed by atoms with Gasteiger partial charge in [0.15, 0.2) is 0 Å². The quantitative estimate of drug-likeness (QED) is 0.827. The van der Waals surface area contributed by atoms with E-state index in [0.717, 1.165) is 6.54 Å². The molecule has 1 aliphatic heterocycles. The first-order chi connectivity index (χ1) is 9.06. The number of benzene rings is 1. The van der Waals surface area contributed by atoms with Crippen LogP contribution >= 0.6 is 11.6 Å². The smallest absolute Gasteiger partial charge is 0.238 e. The normalized spacial score (nSPS) is 20.2. The molecular weight excluding hydrogens is 266 g/mol. The van der Waals surface area contributed by atoms with Crippen molar-refractivity contribution in [1.82, 2.24) is 4.90 Å². The van der Waals surface area contributed by atoms with Crippen molar-refractivity contribution >= 4 is 28.9 Å². The number of amides is 1. The van der Waals surface area contributed by atoms with Gasteiger partial charge in [-0.3, -0.25) is 9.69 Å². The topological polar surface area (TPSA) is 67.6 Å². The Bertz CT molecular complexity index is 467. The number of carbonyl (C=O) groups is 1. The number of rotatable bonds is 3. The molecule has 104 valence electrons. The van der Waals surface area contributed by atoms with Crippen molar-refractivity contribution < 1.29 is 9.53 Å². The highest BCUT2D eigenvalue weighted by atomic mass is 35.5. The first kappa shape index (κ1) is 14.1. The molecule has 0 saturated carbocycles. The van der Waals surface area contributed by atoms with Gasteiger partial charge in [-0.25, -0.2) is 0 Å². The standard InChI is InChI=1S/C13H18ClN3O2/c1-9-8-19-5-4-17(9)7-13(18)16-12-6-10(14)2-3-11(12)15/h2-3,6,9H,4-5,7-8,15H2,1H3,(H,16,18). The van der Waals surface area contributed by atoms with Gasteiger partial charge in [-0.2, -0.15) is 0 Å². The first-order valence-corrected chi connectivity index (χ1v) is 6.60. The third-order valence-electron chi connectivity index (χ3n) is 3.14. The van der Waals surface area contributed by atoms with Crippen molar-refractivity contribution in [2.75, 3.05) is 37.4 Å². The van der Waals surface area contributed by atoms with Gasteiger partial charge < -0.3 is 15.8 Å². The molecule has 3 N–H and O–H groups in total. The van der Waals surface area contributed by atoms with E-state index in [4.69, 9.17) is 22.1 Å². The molecule has 1 aliphatic rings. The highest BCUT2D eigenvalue weighted by molar-refractivity contribution is 6.31. The molecule has 1 atom stereocenters. The van der Waals surface area contributed by atoms with Crippen LogP contribution in [0.25, 0.3) is 0 Å². The van der Waals surface area contributed by atoms with Gasteiger partial charge in [0.1, 0.15) is 0 Å². The van der Waals surface area contributed by atoms with Crippen molar-refractivity contribution in [3.05, 3.63) is 23.2 Å². The van der Waals surface area contributed by atoms with Gasteiger partial charge in [0.05, 0.1) is 31.1 Å². The Morgan fingerprint density at radius 3 is 3.16 bits per heavy atom. The van der Waals surface area contributed by atoms with Gasteiger partial charge in [0, 0.05) is 17.6 Å². The van der Waals surface area contributed by atoms with Crippen LogP contribution in [0, 0.1) is 0 Å². The van der Waals surface area contributed by atoms with Gasteiger partial charge in [-0.1, -0.05) is 11.6 Å². The van der Waals surface area contributed by atoms with E-state index in [0.29, 0.717) is 36.2 Å². The van der Waals surface area contributed by atoms with Crippen LogP contribution in [0.15, 0.2) is 18.2 Å². The van der Waals surface area contributed by atoms with E-state index < -0.39 is 0 Å². The summed E-state index contributed by atoms with van der Waals surface area (Å²) in [5.41, 5.74) is 6.85. The summed E-state index contributed by atoms with van der Waals surface area (Å²) in [6.07, 6.45) is 0. The molecule has 1 heterocycles. The molecule has 1 amide bonds. The van der Waals surface area contributed by atoms with Crippen molar-refractivity contribution in [2.45, 2.75) is 13.0 Å². The average molecular weight is 284 g/mol. The monoisotopic (exact) mass is 283 g/mol. The number of hydrogen-bond donors (Lipinski definition) is 2. The number of nitrogens with two attached hydrogens (primary N) is 1. The predicted molar refractivity (Wildman–Crippen MR) is 76.3 cm³/mol. The minimum absolute atomic E-state index is 0.0947. The second-order valence-corrected chi connectivity index (χ2v) is 5.11. The fourth-order valence-electron chi connectivity index (χ4n) is 2.01. The van der Waals surface area contributed by atoms with Crippen LogP contribution in [0.4, 0.5) is 11.4 Å². The molecule has 0 spiro atoms. The summed E-state index contributed by atoms with van der Waals surface area (Å²) in [6.45, 7) is 4.46. The zero-order chi connectivity index (χ0) is 13.8. The molecule has 1 unspecified atom stereocenters. The van der Waals surface area contributed by atoms with Crippen LogP contribution < -0.4 is 11.1 Å². The Hall–Kier alpha value is -1.30. The number of halogens is 1. The summed E-state index contributed by atoms with van der Waals surface area (Å²) in [4.78, 5) is 14.1. The van der Waals surface area contributed by atoms with Crippen molar-refractivity contribution in [3.8, 4) is 0 Å². The molecule has 0 radical (unpaired) electrons. The molecule has 19 heavy (non-hydrogen) atoms. The molecule has 2 rings (SSSR count). The summed E-state index contributed by atoms with van der Waals surface area (Å²) in [6, 6.07) is 5.26. The lowest BCUT2D eigenvalue weighted by Gasteiger charge is -2.32. The minimum Gasteiger partial charge on any atom is -0.397 e. The molecule has 1 fully saturated rings. The molecule has 5 nitrogen and oxygen atoms in total. The zero-order valence-corrected chi connectivity index (χ0v) is 11.6. The van der Waals surface area contributed by atoms with Crippen LogP contribution in [-0.4, -0.2) is 43.2 Å². The molecular formula is C13H18ClN3O2. The summed E-state index contributed by atoms with van der Waals surface area (Å²) < 4.78 is 5.34. The molecule has 0 aromatic heterocycles. The predicted octanol–water partition coefficient (Wildman–Crippen LogP) is 1.58. The molecule has 1 saturated heterocycles. The Labute approximate surface area is 117 Å². The summed E-state index contributed by atoms with van der Waals surface area (Å²) in [5.74, 6) is -0.0947. The van der Waals surface area contributed by atoms with Crippen LogP contribution in [0.5, 0.6) is 0 Å². The number of nitrogens with zero attached hydrogens (tertiary/aromatic N) is 1. The van der Waals surface area contributed by atoms with E-state index in [2.05, 4.69) is 10.2 Å². The second-order valence-electron chi connectivity index (χ2n) is 4.67. The van der Waals surface area contributed by atoms with Gasteiger partial charge in [0.25, 0.3) is 0 Å². The number of hydrogen-bond acceptors (Lipinski definition) is 4. The van der Waals surface area contributed by atoms with Crippen molar-refractivity contribution in [3.63, 3.8) is 0 Å². The fourth-order valence-corrected chi connectivity index (χ4v) is 2.18. The van der Waals surface area contributed by atoms with E-state index in [1.165, 1.54) is 0 Å². The van der Waals surface area contributed by atoms with Crippen molar-refractivity contribution in [1.29, 1.82) is 0 Å². The molecule has 6 heteroatoms. The van der Waals surface area contributed by atoms with Crippen LogP contribution in [-0.2, 0) is 9.53 Å². The summed E-state index contributed by atoms with van der Waals surface area (Å²) in [5, 5.41) is 3.33. The Morgan fingerprint density at radius 2 is 2.42 bits per heavy atom. The maximum Gasteiger partial charge on any atom is 0.238 e. The van der Waals surface area contributed by atoms with E-state index in [-0.39, 0.29) is 11.9 Å². The molecule has 1 aromatic carbocycles. The molecule has 1 aromatic rings. The highest BCUT2D eigenvalue weighted by Crippen LogP contribution is 2.22. The number of nitrogen functional groups attached to an aromatic ring is 1. The second kappa shape index (κ2) is 6.23. The van der Waals surface area contributed by atoms with Gasteiger partial charge in [-0.15, -0.1) is 0 Å². The lowest BCUT2D eigenvalue weighted by molar-refractivity contribution is -0.119. The van der Waals surface area contributed by atoms with Gasteiger partial charge in [0.2, 0.25) is 5.91 Å². The average Bonchev–Trinajstić information content (AvgIpc) is 2.37. The summed E-state index contributed by atoms with van der Waals surface area (Å²) in [7, 11) is 0. The van der Waals surface area contributed by atoms with E-state index in [1.54, 1.807) is 18.2 Å². The lowest BCUT2D eigenvalue weighted by Crippen LogP contribution is -2.47. The maximum absolute atomic E-state index is 12.0. The summed E-state index contributed by atoms with van der Waals surface area (Å²) >= 11 is 5.88. The number of carbonyl (C=O) groups excluding carboxylic acids is 1. The fraction of sp³-hybridized carbons (Fsp3) is 0.462. The SMILES string of the molecule is CC1COCCN1CC(=O)Nc1cc(Cl)ccc1N. The number of anilines is 2. The van der Waals surface area contributed by atoms with E-state index in [1.807, 2.05) is 6.92 Å². The number of nitrogens with one attached hydrogen (secondary N) is 1. The maximum atomic E-state index is 12.0. The third-order valence-corrected chi connectivity index (χ3v) is 3.38. The number of morpholine rings is 1. The Morgan fingerprint density at radius 1 is 1.63 bits per heavy atom. The Balaban J connectivity index is 1.95. The van der Waals surface area contributed by atoms with Crippen LogP contribution in [0.2, 0.25) is 5.02 Å². The van der Waals surface area contributed by atoms with E-state index in [9.17, 15) is 4.79 Å². The van der Waals surface area contributed by atoms with Gasteiger partial charge >= 0.3 is 0 Å². The zero-order valence-electron chi connectivity index (χ0n) is 10.9. The highest BCUT2D eigenvalue weighted by Gasteiger charge is 2.21. The Kier molecular flexibility index (Phi) is 4.63. The molecule has 0 aliphatic carbocycles. The van der Waals surface area contributed by atoms with Gasteiger partial charge in [-0.05, 0) is 25.1 Å². The lowest BCUT2D eigenvalue weighted by atomic mass is 10.2.